The lowest BCUT2D eigenvalue weighted by atomic mass is 9.95. The summed E-state index contributed by atoms with van der Waals surface area (Å²) in [7, 11) is 0. The topological polar surface area (TPSA) is 80.6 Å². The van der Waals surface area contributed by atoms with Crippen molar-refractivity contribution in [2.75, 3.05) is 10.6 Å². The normalized spacial score (nSPS) is 14.5. The van der Waals surface area contributed by atoms with Crippen LogP contribution in [0.4, 0.5) is 17.6 Å². The summed E-state index contributed by atoms with van der Waals surface area (Å²) in [4.78, 5) is 19.1. The highest BCUT2D eigenvalue weighted by Gasteiger charge is 2.21. The van der Waals surface area contributed by atoms with E-state index < -0.39 is 0 Å². The van der Waals surface area contributed by atoms with Crippen molar-refractivity contribution in [3.8, 4) is 0 Å². The first-order valence-electron chi connectivity index (χ1n) is 12.0. The van der Waals surface area contributed by atoms with Gasteiger partial charge < -0.3 is 15.2 Å². The third kappa shape index (κ3) is 4.05. The minimum absolute atomic E-state index is 0.430. The van der Waals surface area contributed by atoms with Gasteiger partial charge in [-0.3, -0.25) is 0 Å². The first-order chi connectivity index (χ1) is 16.8. The van der Waals surface area contributed by atoms with E-state index in [2.05, 4.69) is 44.5 Å². The van der Waals surface area contributed by atoms with Crippen LogP contribution < -0.4 is 10.6 Å². The van der Waals surface area contributed by atoms with Crippen molar-refractivity contribution >= 4 is 39.5 Å². The van der Waals surface area contributed by atoms with Crippen LogP contribution in [-0.4, -0.2) is 24.5 Å². The van der Waals surface area contributed by atoms with E-state index in [0.29, 0.717) is 18.5 Å². The van der Waals surface area contributed by atoms with Gasteiger partial charge in [0.15, 0.2) is 17.0 Å². The Morgan fingerprint density at radius 1 is 0.824 bits per heavy atom. The van der Waals surface area contributed by atoms with E-state index in [1.54, 1.807) is 0 Å². The Labute approximate surface area is 198 Å². The summed E-state index contributed by atoms with van der Waals surface area (Å²) in [5.74, 6) is 1.99. The molecule has 0 spiro atoms. The second-order valence-corrected chi connectivity index (χ2v) is 8.86. The highest BCUT2D eigenvalue weighted by Crippen LogP contribution is 2.32. The van der Waals surface area contributed by atoms with Gasteiger partial charge in [0, 0.05) is 24.2 Å². The maximum atomic E-state index is 4.93. The molecular formula is C27H27N7. The van der Waals surface area contributed by atoms with Gasteiger partial charge in [0.1, 0.15) is 5.82 Å². The van der Waals surface area contributed by atoms with Gasteiger partial charge in [-0.2, -0.15) is 9.97 Å². The Hall–Kier alpha value is -4.00. The van der Waals surface area contributed by atoms with Gasteiger partial charge in [-0.15, -0.1) is 0 Å². The molecule has 0 radical (unpaired) electrons. The number of nitrogens with one attached hydrogen (secondary N) is 2. The number of imidazole rings is 1. The van der Waals surface area contributed by atoms with E-state index in [-0.39, 0.29) is 0 Å². The minimum atomic E-state index is 0.430. The van der Waals surface area contributed by atoms with Gasteiger partial charge in [-0.1, -0.05) is 73.9 Å². The first-order valence-corrected chi connectivity index (χ1v) is 12.0. The van der Waals surface area contributed by atoms with Crippen molar-refractivity contribution in [3.05, 3.63) is 78.8 Å². The van der Waals surface area contributed by atoms with Crippen molar-refractivity contribution in [3.63, 3.8) is 0 Å². The van der Waals surface area contributed by atoms with Crippen molar-refractivity contribution in [1.82, 2.24) is 24.5 Å². The van der Waals surface area contributed by atoms with Gasteiger partial charge in [0.05, 0.1) is 6.33 Å². The van der Waals surface area contributed by atoms with Crippen molar-refractivity contribution in [2.45, 2.75) is 44.7 Å². The van der Waals surface area contributed by atoms with Crippen LogP contribution in [0.15, 0.2) is 73.2 Å². The smallest absolute Gasteiger partial charge is 0.232 e. The van der Waals surface area contributed by atoms with Crippen molar-refractivity contribution in [1.29, 1.82) is 0 Å². The zero-order chi connectivity index (χ0) is 22.7. The van der Waals surface area contributed by atoms with Crippen LogP contribution in [0.3, 0.4) is 0 Å². The molecule has 7 nitrogen and oxygen atoms in total. The summed E-state index contributed by atoms with van der Waals surface area (Å²) >= 11 is 0. The first kappa shape index (κ1) is 20.6. The number of benzene rings is 2. The number of hydrogen-bond donors (Lipinski definition) is 2. The molecule has 0 saturated heterocycles. The summed E-state index contributed by atoms with van der Waals surface area (Å²) < 4.78 is 2.24. The quantitative estimate of drug-likeness (QED) is 0.320. The zero-order valence-corrected chi connectivity index (χ0v) is 19.0. The molecule has 1 saturated carbocycles. The maximum absolute atomic E-state index is 4.93. The molecule has 1 aliphatic rings. The van der Waals surface area contributed by atoms with E-state index in [9.17, 15) is 0 Å². The Morgan fingerprint density at radius 3 is 2.53 bits per heavy atom. The Bertz CT molecular complexity index is 1420. The van der Waals surface area contributed by atoms with Crippen LogP contribution in [0.1, 0.15) is 43.7 Å². The highest BCUT2D eigenvalue weighted by molar-refractivity contribution is 5.93. The summed E-state index contributed by atoms with van der Waals surface area (Å²) in [5, 5.41) is 9.04. The second-order valence-electron chi connectivity index (χ2n) is 8.86. The highest BCUT2D eigenvalue weighted by atomic mass is 15.2. The van der Waals surface area contributed by atoms with Crippen LogP contribution in [-0.2, 0) is 6.54 Å². The van der Waals surface area contributed by atoms with Crippen LogP contribution >= 0.6 is 0 Å². The summed E-state index contributed by atoms with van der Waals surface area (Å²) in [6.45, 7) is 0.662. The van der Waals surface area contributed by atoms with Crippen LogP contribution in [0.2, 0.25) is 0 Å². The zero-order valence-electron chi connectivity index (χ0n) is 19.0. The molecular weight excluding hydrogens is 422 g/mol. The lowest BCUT2D eigenvalue weighted by Gasteiger charge is -2.23. The number of pyridine rings is 1. The van der Waals surface area contributed by atoms with Crippen molar-refractivity contribution < 1.29 is 0 Å². The largest absolute Gasteiger partial charge is 0.364 e. The number of rotatable bonds is 6. The average molecular weight is 450 g/mol. The van der Waals surface area contributed by atoms with E-state index in [1.165, 1.54) is 24.8 Å². The number of aromatic nitrogens is 5. The van der Waals surface area contributed by atoms with Gasteiger partial charge in [0.25, 0.3) is 0 Å². The standard InChI is InChI=1S/C27H27N7/c1-3-9-19(10-4-1)17-29-25-23-26(34(18-30-23)21-12-5-2-6-13-21)33-27(32-25)31-24-22-14-8-7-11-20(22)15-16-28-24/h1,3-4,7-11,14-16,18,21H,2,5-6,12-13,17H2,(H2,28,29,31,32,33). The van der Waals surface area contributed by atoms with E-state index in [4.69, 9.17) is 15.0 Å². The molecule has 0 unspecified atom stereocenters. The van der Waals surface area contributed by atoms with Gasteiger partial charge >= 0.3 is 0 Å². The van der Waals surface area contributed by atoms with Gasteiger partial charge in [-0.05, 0) is 29.9 Å². The molecule has 5 aromatic rings. The SMILES string of the molecule is c1ccc(CNc2nc(Nc3nccc4ccccc34)nc3c2ncn3C2CCCCC2)cc1. The third-order valence-corrected chi connectivity index (χ3v) is 6.60. The number of hydrogen-bond acceptors (Lipinski definition) is 6. The molecule has 0 amide bonds. The predicted molar refractivity (Wildman–Crippen MR) is 136 cm³/mol. The summed E-state index contributed by atoms with van der Waals surface area (Å²) in [5.41, 5.74) is 2.85. The number of fused-ring (bicyclic) bond motifs is 2. The van der Waals surface area contributed by atoms with Gasteiger partial charge in [-0.25, -0.2) is 9.97 Å². The maximum Gasteiger partial charge on any atom is 0.232 e. The van der Waals surface area contributed by atoms with Crippen LogP contribution in [0, 0.1) is 0 Å². The Morgan fingerprint density at radius 2 is 1.65 bits per heavy atom. The lowest BCUT2D eigenvalue weighted by molar-refractivity contribution is 0.358. The van der Waals surface area contributed by atoms with E-state index >= 15 is 0 Å². The molecule has 0 atom stereocenters. The molecule has 2 N–H and O–H groups in total. The molecule has 3 aromatic heterocycles. The predicted octanol–water partition coefficient (Wildman–Crippen LogP) is 6.24. The Kier molecular flexibility index (Phi) is 5.51. The molecule has 170 valence electrons. The third-order valence-electron chi connectivity index (χ3n) is 6.60. The monoisotopic (exact) mass is 449 g/mol. The number of anilines is 3. The molecule has 6 rings (SSSR count). The van der Waals surface area contributed by atoms with E-state index in [1.807, 2.05) is 48.9 Å². The minimum Gasteiger partial charge on any atom is -0.364 e. The summed E-state index contributed by atoms with van der Waals surface area (Å²) in [6.07, 6.45) is 9.87. The average Bonchev–Trinajstić information content (AvgIpc) is 3.33. The molecule has 1 fully saturated rings. The van der Waals surface area contributed by atoms with Crippen molar-refractivity contribution in [2.24, 2.45) is 0 Å². The fourth-order valence-corrected chi connectivity index (χ4v) is 4.83. The second kappa shape index (κ2) is 9.09. The Balaban J connectivity index is 1.41. The fourth-order valence-electron chi connectivity index (χ4n) is 4.83. The fraction of sp³-hybridized carbons (Fsp3) is 0.259. The molecule has 7 heteroatoms. The van der Waals surface area contributed by atoms with E-state index in [0.717, 1.165) is 46.4 Å². The lowest BCUT2D eigenvalue weighted by Crippen LogP contribution is -2.13. The van der Waals surface area contributed by atoms with Crippen LogP contribution in [0.25, 0.3) is 21.9 Å². The molecule has 2 aromatic carbocycles. The number of nitrogens with zero attached hydrogens (tertiary/aromatic N) is 5. The molecule has 0 aliphatic heterocycles. The molecule has 1 aliphatic carbocycles. The van der Waals surface area contributed by atoms with Gasteiger partial charge in [0.2, 0.25) is 5.95 Å². The molecule has 3 heterocycles. The summed E-state index contributed by atoms with van der Waals surface area (Å²) in [6, 6.07) is 20.9. The molecule has 34 heavy (non-hydrogen) atoms. The molecule has 0 bridgehead atoms. The van der Waals surface area contributed by atoms with Crippen LogP contribution in [0.5, 0.6) is 0 Å².